The number of fused-ring (bicyclic) bond motifs is 1. The highest BCUT2D eigenvalue weighted by Gasteiger charge is 2.88. The first kappa shape index (κ1) is 17.1. The summed E-state index contributed by atoms with van der Waals surface area (Å²) in [6.07, 6.45) is 2.40. The van der Waals surface area contributed by atoms with Gasteiger partial charge in [0.2, 0.25) is 0 Å². The van der Waals surface area contributed by atoms with Gasteiger partial charge in [0, 0.05) is 29.1 Å². The number of carbonyl (C=O) groups is 1. The predicted molar refractivity (Wildman–Crippen MR) is 99.0 cm³/mol. The monoisotopic (exact) mass is 373 g/mol. The van der Waals surface area contributed by atoms with Crippen LogP contribution in [0.5, 0.6) is 0 Å². The Morgan fingerprint density at radius 3 is 2.78 bits per heavy atom. The number of hydrogen-bond donors (Lipinski definition) is 2. The second kappa shape index (κ2) is 4.53. The molecule has 6 rings (SSSR count). The number of likely N-dealkylation sites (tertiary alicyclic amines) is 1. The molecule has 1 saturated heterocycles. The number of ketones is 1. The number of nitrogens with zero attached hydrogens (tertiary/aromatic N) is 1. The summed E-state index contributed by atoms with van der Waals surface area (Å²) in [5.74, 6) is 0.275. The molecule has 0 aromatic heterocycles. The lowest BCUT2D eigenvalue weighted by Gasteiger charge is -2.68. The molecule has 148 valence electrons. The highest BCUT2D eigenvalue weighted by atomic mass is 16.5. The van der Waals surface area contributed by atoms with Crippen LogP contribution in [0.1, 0.15) is 46.0 Å². The lowest BCUT2D eigenvalue weighted by Crippen LogP contribution is -2.73. The molecule has 1 aliphatic heterocycles. The maximum absolute atomic E-state index is 14.2. The minimum Gasteiger partial charge on any atom is -0.633 e. The lowest BCUT2D eigenvalue weighted by molar-refractivity contribution is -0.927. The van der Waals surface area contributed by atoms with E-state index in [9.17, 15) is 20.2 Å². The maximum atomic E-state index is 14.2. The summed E-state index contributed by atoms with van der Waals surface area (Å²) in [5, 5.41) is 37.0. The predicted octanol–water partition coefficient (Wildman–Crippen LogP) is 2.01. The fraction of sp³-hybridized carbons (Fsp3) is 0.864. The van der Waals surface area contributed by atoms with Crippen molar-refractivity contribution in [2.24, 2.45) is 39.9 Å². The third kappa shape index (κ3) is 1.44. The van der Waals surface area contributed by atoms with Gasteiger partial charge in [0.25, 0.3) is 0 Å². The van der Waals surface area contributed by atoms with Crippen molar-refractivity contribution in [2.75, 3.05) is 13.1 Å². The fourth-order valence-corrected chi connectivity index (χ4v) is 10.1. The van der Waals surface area contributed by atoms with Crippen LogP contribution >= 0.6 is 0 Å². The molecule has 2 spiro atoms. The number of hydroxylamine groups is 3. The topological polar surface area (TPSA) is 80.6 Å². The summed E-state index contributed by atoms with van der Waals surface area (Å²) in [4.78, 5) is 13.0. The average molecular weight is 373 g/mol. The molecule has 6 aliphatic rings. The Hall–Kier alpha value is -0.750. The number of aliphatic hydroxyl groups excluding tert-OH is 2. The van der Waals surface area contributed by atoms with Gasteiger partial charge in [-0.15, -0.1) is 0 Å². The van der Waals surface area contributed by atoms with Crippen molar-refractivity contribution in [1.82, 2.24) is 0 Å². The van der Waals surface area contributed by atoms with Crippen molar-refractivity contribution in [3.8, 4) is 0 Å². The maximum Gasteiger partial charge on any atom is 0.140 e. The summed E-state index contributed by atoms with van der Waals surface area (Å²) >= 11 is 0. The van der Waals surface area contributed by atoms with Crippen LogP contribution in [0, 0.1) is 45.1 Å². The third-order valence-corrected chi connectivity index (χ3v) is 10.7. The molecule has 5 nitrogen and oxygen atoms in total. The van der Waals surface area contributed by atoms with Gasteiger partial charge in [0.1, 0.15) is 11.8 Å². The number of hydrogen-bond acceptors (Lipinski definition) is 4. The van der Waals surface area contributed by atoms with Crippen LogP contribution in [0.25, 0.3) is 0 Å². The average Bonchev–Trinajstić information content (AvgIpc) is 3.17. The van der Waals surface area contributed by atoms with Gasteiger partial charge in [-0.3, -0.25) is 4.79 Å². The zero-order valence-electron chi connectivity index (χ0n) is 16.4. The zero-order chi connectivity index (χ0) is 19.1. The van der Waals surface area contributed by atoms with E-state index in [-0.39, 0.29) is 39.6 Å². The molecule has 0 aromatic rings. The van der Waals surface area contributed by atoms with Crippen molar-refractivity contribution >= 4 is 5.78 Å². The molecule has 0 radical (unpaired) electrons. The number of Topliss-reactive ketones (excluding diaryl/α,β-unsaturated/α-hetero) is 1. The van der Waals surface area contributed by atoms with Crippen LogP contribution < -0.4 is 0 Å². The van der Waals surface area contributed by atoms with E-state index in [1.54, 1.807) is 0 Å². The Kier molecular flexibility index (Phi) is 2.88. The molecule has 5 saturated carbocycles. The van der Waals surface area contributed by atoms with Gasteiger partial charge < -0.3 is 20.1 Å². The molecule has 11 unspecified atom stereocenters. The summed E-state index contributed by atoms with van der Waals surface area (Å²) in [5.41, 5.74) is -0.303. The van der Waals surface area contributed by atoms with Crippen LogP contribution in [0.3, 0.4) is 0 Å². The quantitative estimate of drug-likeness (QED) is 0.419. The standard InChI is InChI=1S/C22H31NO4/c1-4-23(27)10-20(3)6-5-17(25)22-15(20)7-13(18(22)23)21-9-12(11(2)19(21)26)14(24)8-16(21)22/h12-13,15-19,25-26H,2,4-10H2,1,3H3. The van der Waals surface area contributed by atoms with Crippen LogP contribution in [-0.4, -0.2) is 52.0 Å². The zero-order valence-corrected chi connectivity index (χ0v) is 16.4. The van der Waals surface area contributed by atoms with Crippen LogP contribution in [0.15, 0.2) is 12.2 Å². The van der Waals surface area contributed by atoms with Crippen molar-refractivity contribution in [1.29, 1.82) is 0 Å². The van der Waals surface area contributed by atoms with E-state index in [0.717, 1.165) is 19.3 Å². The van der Waals surface area contributed by atoms with E-state index in [1.807, 2.05) is 6.92 Å². The first-order chi connectivity index (χ1) is 12.7. The minimum atomic E-state index is -0.699. The molecule has 0 aromatic carbocycles. The number of aliphatic hydroxyl groups is 2. The summed E-state index contributed by atoms with van der Waals surface area (Å²) in [6, 6.07) is -0.173. The third-order valence-electron chi connectivity index (χ3n) is 10.7. The Bertz CT molecular complexity index is 782. The molecule has 5 heteroatoms. The van der Waals surface area contributed by atoms with E-state index in [0.29, 0.717) is 37.4 Å². The Labute approximate surface area is 160 Å². The summed E-state index contributed by atoms with van der Waals surface area (Å²) in [7, 11) is 0. The Morgan fingerprint density at radius 2 is 2.07 bits per heavy atom. The number of carbonyl (C=O) groups excluding carboxylic acids is 1. The largest absolute Gasteiger partial charge is 0.633 e. The molecule has 6 fully saturated rings. The van der Waals surface area contributed by atoms with Crippen molar-refractivity contribution < 1.29 is 19.7 Å². The number of rotatable bonds is 1. The molecule has 7 bridgehead atoms. The molecule has 11 atom stereocenters. The Balaban J connectivity index is 1.64. The van der Waals surface area contributed by atoms with Gasteiger partial charge in [-0.1, -0.05) is 13.5 Å². The molecular formula is C22H31NO4. The van der Waals surface area contributed by atoms with E-state index in [4.69, 9.17) is 0 Å². The molecule has 5 aliphatic carbocycles. The van der Waals surface area contributed by atoms with Crippen molar-refractivity contribution in [3.05, 3.63) is 17.4 Å². The fourth-order valence-electron chi connectivity index (χ4n) is 10.1. The highest BCUT2D eigenvalue weighted by molar-refractivity contribution is 5.87. The normalized spacial score (nSPS) is 65.6. The van der Waals surface area contributed by atoms with E-state index in [1.165, 1.54) is 0 Å². The van der Waals surface area contributed by atoms with Crippen molar-refractivity contribution in [2.45, 2.75) is 64.2 Å². The Morgan fingerprint density at radius 1 is 1.33 bits per heavy atom. The number of quaternary nitrogens is 1. The van der Waals surface area contributed by atoms with Gasteiger partial charge in [-0.25, -0.2) is 0 Å². The molecular weight excluding hydrogens is 342 g/mol. The summed E-state index contributed by atoms with van der Waals surface area (Å²) in [6.45, 7) is 9.47. The molecule has 2 N–H and O–H groups in total. The van der Waals surface area contributed by atoms with Crippen LogP contribution in [0.4, 0.5) is 0 Å². The minimum absolute atomic E-state index is 0.0651. The SMILES string of the molecule is C=C1C2CC3(C1O)C1CC4C5(C)CCC(O)C4(C3CC2=O)C1[N+]([O-])(CC)C5. The van der Waals surface area contributed by atoms with E-state index in [2.05, 4.69) is 13.5 Å². The molecule has 0 amide bonds. The first-order valence-electron chi connectivity index (χ1n) is 10.8. The van der Waals surface area contributed by atoms with Gasteiger partial charge in [-0.2, -0.15) is 0 Å². The second-order valence-corrected chi connectivity index (χ2v) is 11.0. The van der Waals surface area contributed by atoms with E-state index >= 15 is 0 Å². The second-order valence-electron chi connectivity index (χ2n) is 11.0. The molecule has 27 heavy (non-hydrogen) atoms. The lowest BCUT2D eigenvalue weighted by atomic mass is 9.43. The molecule has 1 heterocycles. The van der Waals surface area contributed by atoms with Gasteiger partial charge >= 0.3 is 0 Å². The number of piperidine rings is 1. The van der Waals surface area contributed by atoms with Gasteiger partial charge in [0.15, 0.2) is 0 Å². The van der Waals surface area contributed by atoms with Crippen LogP contribution in [-0.2, 0) is 4.79 Å². The highest BCUT2D eigenvalue weighted by Crippen LogP contribution is 2.84. The van der Waals surface area contributed by atoms with Crippen molar-refractivity contribution in [3.63, 3.8) is 0 Å². The van der Waals surface area contributed by atoms with Gasteiger partial charge in [-0.05, 0) is 50.0 Å². The smallest absolute Gasteiger partial charge is 0.140 e. The van der Waals surface area contributed by atoms with Crippen LogP contribution in [0.2, 0.25) is 0 Å². The van der Waals surface area contributed by atoms with E-state index < -0.39 is 23.0 Å². The van der Waals surface area contributed by atoms with Gasteiger partial charge in [0.05, 0.1) is 30.7 Å². The first-order valence-corrected chi connectivity index (χ1v) is 10.8. The summed E-state index contributed by atoms with van der Waals surface area (Å²) < 4.78 is -0.245.